The quantitative estimate of drug-likeness (QED) is 0.598. The molecule has 1 saturated heterocycles. The Morgan fingerprint density at radius 1 is 1.10 bits per heavy atom. The molecule has 1 N–H and O–H groups in total. The fraction of sp³-hybridized carbons (Fsp3) is 0.409. The average molecular weight is 485 g/mol. The minimum absolute atomic E-state index is 0.0702. The molecule has 1 aliphatic heterocycles. The van der Waals surface area contributed by atoms with Gasteiger partial charge < -0.3 is 10.1 Å². The Kier molecular flexibility index (Phi) is 8.22. The van der Waals surface area contributed by atoms with E-state index in [4.69, 9.17) is 27.9 Å². The Hall–Kier alpha value is -1.80. The van der Waals surface area contributed by atoms with E-state index in [2.05, 4.69) is 12.2 Å². The van der Waals surface area contributed by atoms with Crippen molar-refractivity contribution in [3.8, 4) is 5.75 Å². The number of piperidine rings is 1. The van der Waals surface area contributed by atoms with Gasteiger partial charge in [-0.05, 0) is 49.1 Å². The molecule has 3 rings (SSSR count). The van der Waals surface area contributed by atoms with Crippen LogP contribution in [0.2, 0.25) is 10.0 Å². The maximum absolute atomic E-state index is 13.0. The van der Waals surface area contributed by atoms with Crippen LogP contribution in [0.4, 0.5) is 0 Å². The lowest BCUT2D eigenvalue weighted by Gasteiger charge is -2.31. The van der Waals surface area contributed by atoms with E-state index in [-0.39, 0.29) is 39.9 Å². The number of hydrogen-bond acceptors (Lipinski definition) is 4. The van der Waals surface area contributed by atoms with Crippen LogP contribution in [0, 0.1) is 5.92 Å². The SMILES string of the molecule is CCCOc1ccc(CNC(=O)C2CCN(S(=O)(=O)c3c(Cl)cccc3Cl)CC2)cc1. The van der Waals surface area contributed by atoms with Gasteiger partial charge in [-0.1, -0.05) is 48.3 Å². The number of halogens is 2. The van der Waals surface area contributed by atoms with E-state index in [1.165, 1.54) is 16.4 Å². The van der Waals surface area contributed by atoms with Crippen LogP contribution in [0.25, 0.3) is 0 Å². The van der Waals surface area contributed by atoms with Crippen LogP contribution >= 0.6 is 23.2 Å². The van der Waals surface area contributed by atoms with Crippen molar-refractivity contribution in [3.63, 3.8) is 0 Å². The Balaban J connectivity index is 1.53. The van der Waals surface area contributed by atoms with Crippen LogP contribution < -0.4 is 10.1 Å². The van der Waals surface area contributed by atoms with Crippen molar-refractivity contribution in [3.05, 3.63) is 58.1 Å². The third-order valence-electron chi connectivity index (χ3n) is 5.20. The predicted molar refractivity (Wildman–Crippen MR) is 122 cm³/mol. The second-order valence-electron chi connectivity index (χ2n) is 7.44. The normalized spacial score (nSPS) is 15.6. The fourth-order valence-electron chi connectivity index (χ4n) is 3.47. The summed E-state index contributed by atoms with van der Waals surface area (Å²) in [6.45, 7) is 3.63. The first-order valence-corrected chi connectivity index (χ1v) is 12.5. The molecule has 2 aromatic rings. The minimum atomic E-state index is -3.81. The molecule has 0 atom stereocenters. The van der Waals surface area contributed by atoms with Crippen molar-refractivity contribution in [1.29, 1.82) is 0 Å². The van der Waals surface area contributed by atoms with Crippen LogP contribution in [0.3, 0.4) is 0 Å². The Morgan fingerprint density at radius 3 is 2.29 bits per heavy atom. The highest BCUT2D eigenvalue weighted by molar-refractivity contribution is 7.89. The van der Waals surface area contributed by atoms with Crippen LogP contribution in [0.15, 0.2) is 47.4 Å². The van der Waals surface area contributed by atoms with E-state index < -0.39 is 10.0 Å². The van der Waals surface area contributed by atoms with Crippen molar-refractivity contribution >= 4 is 39.1 Å². The molecular weight excluding hydrogens is 459 g/mol. The Labute approximate surface area is 193 Å². The summed E-state index contributed by atoms with van der Waals surface area (Å²) in [5, 5.41) is 3.14. The number of carbonyl (C=O) groups is 1. The third-order valence-corrected chi connectivity index (χ3v) is 8.06. The summed E-state index contributed by atoms with van der Waals surface area (Å²) in [5.74, 6) is 0.503. The molecule has 0 spiro atoms. The van der Waals surface area contributed by atoms with Crippen molar-refractivity contribution in [2.24, 2.45) is 5.92 Å². The predicted octanol–water partition coefficient (Wildman–Crippen LogP) is 4.50. The molecule has 0 saturated carbocycles. The molecule has 2 aromatic carbocycles. The van der Waals surface area contributed by atoms with Crippen LogP contribution in [0.1, 0.15) is 31.7 Å². The standard InChI is InChI=1S/C22H26Cl2N2O4S/c1-2-14-30-18-8-6-16(7-9-18)15-25-22(27)17-10-12-26(13-11-17)31(28,29)21-19(23)4-3-5-20(21)24/h3-9,17H,2,10-15H2,1H3,(H,25,27). The molecule has 6 nitrogen and oxygen atoms in total. The van der Waals surface area contributed by atoms with E-state index >= 15 is 0 Å². The lowest BCUT2D eigenvalue weighted by molar-refractivity contribution is -0.126. The maximum atomic E-state index is 13.0. The summed E-state index contributed by atoms with van der Waals surface area (Å²) in [7, 11) is -3.81. The first-order chi connectivity index (χ1) is 14.8. The third kappa shape index (κ3) is 5.92. The number of hydrogen-bond donors (Lipinski definition) is 1. The van der Waals surface area contributed by atoms with E-state index in [9.17, 15) is 13.2 Å². The molecule has 0 aromatic heterocycles. The summed E-state index contributed by atoms with van der Waals surface area (Å²) in [5.41, 5.74) is 0.977. The average Bonchev–Trinajstić information content (AvgIpc) is 2.76. The molecule has 1 heterocycles. The zero-order chi connectivity index (χ0) is 22.4. The van der Waals surface area contributed by atoms with Crippen LogP contribution in [0.5, 0.6) is 5.75 Å². The van der Waals surface area contributed by atoms with Crippen LogP contribution in [-0.4, -0.2) is 38.3 Å². The summed E-state index contributed by atoms with van der Waals surface area (Å²) in [6, 6.07) is 12.2. The molecule has 0 bridgehead atoms. The van der Waals surface area contributed by atoms with Crippen molar-refractivity contribution in [2.75, 3.05) is 19.7 Å². The summed E-state index contributed by atoms with van der Waals surface area (Å²) in [4.78, 5) is 12.5. The van der Waals surface area contributed by atoms with Gasteiger partial charge in [-0.15, -0.1) is 0 Å². The molecule has 0 unspecified atom stereocenters. The van der Waals surface area contributed by atoms with Gasteiger partial charge in [0.05, 0.1) is 16.7 Å². The fourth-order valence-corrected chi connectivity index (χ4v) is 6.03. The van der Waals surface area contributed by atoms with Crippen molar-refractivity contribution < 1.29 is 17.9 Å². The highest BCUT2D eigenvalue weighted by Crippen LogP contribution is 2.33. The van der Waals surface area contributed by atoms with Gasteiger partial charge in [-0.2, -0.15) is 4.31 Å². The van der Waals surface area contributed by atoms with Gasteiger partial charge in [0.2, 0.25) is 15.9 Å². The topological polar surface area (TPSA) is 75.7 Å². The number of nitrogens with zero attached hydrogens (tertiary/aromatic N) is 1. The lowest BCUT2D eigenvalue weighted by Crippen LogP contribution is -2.43. The highest BCUT2D eigenvalue weighted by Gasteiger charge is 2.34. The molecule has 31 heavy (non-hydrogen) atoms. The Bertz CT molecular complexity index is 984. The number of benzene rings is 2. The van der Waals surface area contributed by atoms with Gasteiger partial charge in [0.15, 0.2) is 0 Å². The number of amides is 1. The van der Waals surface area contributed by atoms with E-state index in [0.717, 1.165) is 17.7 Å². The summed E-state index contributed by atoms with van der Waals surface area (Å²) in [6.07, 6.45) is 1.83. The van der Waals surface area contributed by atoms with E-state index in [1.54, 1.807) is 6.07 Å². The Morgan fingerprint density at radius 2 is 1.71 bits per heavy atom. The monoisotopic (exact) mass is 484 g/mol. The number of sulfonamides is 1. The van der Waals surface area contributed by atoms with Crippen molar-refractivity contribution in [1.82, 2.24) is 9.62 Å². The molecule has 1 fully saturated rings. The molecule has 0 radical (unpaired) electrons. The molecule has 168 valence electrons. The van der Waals surface area contributed by atoms with E-state index in [1.807, 2.05) is 24.3 Å². The van der Waals surface area contributed by atoms with Gasteiger partial charge in [-0.3, -0.25) is 4.79 Å². The molecule has 9 heteroatoms. The van der Waals surface area contributed by atoms with Crippen LogP contribution in [-0.2, 0) is 21.4 Å². The van der Waals surface area contributed by atoms with Crippen molar-refractivity contribution in [2.45, 2.75) is 37.6 Å². The number of rotatable bonds is 8. The first kappa shape index (κ1) is 23.9. The lowest BCUT2D eigenvalue weighted by atomic mass is 9.97. The molecule has 1 aliphatic rings. The maximum Gasteiger partial charge on any atom is 0.246 e. The van der Waals surface area contributed by atoms with E-state index in [0.29, 0.717) is 26.0 Å². The summed E-state index contributed by atoms with van der Waals surface area (Å²) >= 11 is 12.2. The minimum Gasteiger partial charge on any atom is -0.494 e. The zero-order valence-electron chi connectivity index (χ0n) is 17.3. The smallest absolute Gasteiger partial charge is 0.246 e. The van der Waals surface area contributed by atoms with Gasteiger partial charge in [0.1, 0.15) is 10.6 Å². The largest absolute Gasteiger partial charge is 0.494 e. The summed E-state index contributed by atoms with van der Waals surface area (Å²) < 4.78 is 32.8. The van der Waals surface area contributed by atoms with Gasteiger partial charge >= 0.3 is 0 Å². The number of carbonyl (C=O) groups excluding carboxylic acids is 1. The van der Waals surface area contributed by atoms with Gasteiger partial charge in [0, 0.05) is 25.6 Å². The number of nitrogens with one attached hydrogen (secondary N) is 1. The molecular formula is C22H26Cl2N2O4S. The highest BCUT2D eigenvalue weighted by atomic mass is 35.5. The van der Waals surface area contributed by atoms with Gasteiger partial charge in [-0.25, -0.2) is 8.42 Å². The number of ether oxygens (including phenoxy) is 1. The zero-order valence-corrected chi connectivity index (χ0v) is 19.6. The molecule has 0 aliphatic carbocycles. The van der Waals surface area contributed by atoms with Gasteiger partial charge in [0.25, 0.3) is 0 Å². The molecule has 1 amide bonds. The second kappa shape index (κ2) is 10.7. The second-order valence-corrected chi connectivity index (χ2v) is 10.1. The first-order valence-electron chi connectivity index (χ1n) is 10.3.